The Morgan fingerprint density at radius 3 is 1.83 bits per heavy atom. The zero-order valence-electron chi connectivity index (χ0n) is 15.7. The standard InChI is InChI=1S/C16H26O13/c1-5(17)25-3-7-9(19)10(20)13(23)16(28-7)29-14-8(4-26-6(2)18)27-15(24)12(22)11(14)21/h7-16,19-24H,3-4H2,1-2H3/t7?,8?,9-,10+,11-,12?,13?,14-,15-,16+/m1/s1. The molecule has 2 saturated heterocycles. The number of carbonyl (C=O) groups is 2. The van der Waals surface area contributed by atoms with E-state index in [1.165, 1.54) is 0 Å². The van der Waals surface area contributed by atoms with Gasteiger partial charge in [-0.05, 0) is 0 Å². The van der Waals surface area contributed by atoms with Crippen LogP contribution in [0.15, 0.2) is 0 Å². The van der Waals surface area contributed by atoms with Gasteiger partial charge in [-0.2, -0.15) is 0 Å². The summed E-state index contributed by atoms with van der Waals surface area (Å²) in [6.45, 7) is 1.32. The van der Waals surface area contributed by atoms with E-state index in [4.69, 9.17) is 23.7 Å². The third-order valence-corrected chi connectivity index (χ3v) is 4.52. The maximum absolute atomic E-state index is 11.1. The van der Waals surface area contributed by atoms with Crippen LogP contribution >= 0.6 is 0 Å². The predicted octanol–water partition coefficient (Wildman–Crippen LogP) is -4.26. The van der Waals surface area contributed by atoms with E-state index >= 15 is 0 Å². The minimum absolute atomic E-state index is 0.456. The average molecular weight is 426 g/mol. The van der Waals surface area contributed by atoms with Gasteiger partial charge in [0.25, 0.3) is 0 Å². The van der Waals surface area contributed by atoms with Gasteiger partial charge in [-0.15, -0.1) is 0 Å². The molecule has 0 aromatic rings. The van der Waals surface area contributed by atoms with E-state index in [-0.39, 0.29) is 0 Å². The molecule has 0 spiro atoms. The molecule has 0 aromatic carbocycles. The highest BCUT2D eigenvalue weighted by Gasteiger charge is 2.50. The number of hydrogen-bond donors (Lipinski definition) is 6. The van der Waals surface area contributed by atoms with Crippen molar-refractivity contribution >= 4 is 11.9 Å². The maximum Gasteiger partial charge on any atom is 0.302 e. The SMILES string of the molecule is CC(=O)OCC1O[C@@H](O[C@@H]2C(COC(C)=O)O[C@@H](O)C(O)[C@H]2O)C(O)[C@@H](O)[C@@H]1O. The molecule has 4 unspecified atom stereocenters. The number of hydrogen-bond acceptors (Lipinski definition) is 13. The van der Waals surface area contributed by atoms with Crippen molar-refractivity contribution in [1.29, 1.82) is 0 Å². The van der Waals surface area contributed by atoms with Crippen molar-refractivity contribution < 1.29 is 63.9 Å². The molecule has 2 aliphatic heterocycles. The van der Waals surface area contributed by atoms with Crippen molar-refractivity contribution in [2.75, 3.05) is 13.2 Å². The van der Waals surface area contributed by atoms with E-state index in [1.54, 1.807) is 0 Å². The molecule has 2 fully saturated rings. The molecule has 0 amide bonds. The number of aliphatic hydroxyl groups excluding tert-OH is 6. The quantitative estimate of drug-likeness (QED) is 0.223. The fourth-order valence-electron chi connectivity index (χ4n) is 2.94. The molecule has 168 valence electrons. The zero-order chi connectivity index (χ0) is 21.9. The van der Waals surface area contributed by atoms with Gasteiger partial charge < -0.3 is 54.3 Å². The lowest BCUT2D eigenvalue weighted by Gasteiger charge is -2.45. The number of ether oxygens (including phenoxy) is 5. The molecule has 2 rings (SSSR count). The molecule has 2 aliphatic rings. The highest BCUT2D eigenvalue weighted by molar-refractivity contribution is 5.66. The molecule has 0 saturated carbocycles. The summed E-state index contributed by atoms with van der Waals surface area (Å²) in [6, 6.07) is 0. The van der Waals surface area contributed by atoms with Crippen LogP contribution in [0, 0.1) is 0 Å². The van der Waals surface area contributed by atoms with Gasteiger partial charge in [0.1, 0.15) is 62.0 Å². The summed E-state index contributed by atoms with van der Waals surface area (Å²) in [6.07, 6.45) is -16.1. The summed E-state index contributed by atoms with van der Waals surface area (Å²) < 4.78 is 25.4. The minimum atomic E-state index is -1.80. The summed E-state index contributed by atoms with van der Waals surface area (Å²) in [5.41, 5.74) is 0. The Labute approximate surface area is 165 Å². The molecular formula is C16H26O13. The van der Waals surface area contributed by atoms with Crippen LogP contribution in [0.5, 0.6) is 0 Å². The molecule has 6 N–H and O–H groups in total. The Balaban J connectivity index is 2.14. The summed E-state index contributed by atoms with van der Waals surface area (Å²) in [7, 11) is 0. The maximum atomic E-state index is 11.1. The Morgan fingerprint density at radius 2 is 1.28 bits per heavy atom. The number of esters is 2. The van der Waals surface area contributed by atoms with Gasteiger partial charge in [0.15, 0.2) is 12.6 Å². The number of carbonyl (C=O) groups excluding carboxylic acids is 2. The van der Waals surface area contributed by atoms with E-state index in [0.29, 0.717) is 0 Å². The predicted molar refractivity (Wildman–Crippen MR) is 87.7 cm³/mol. The largest absolute Gasteiger partial charge is 0.463 e. The topological polar surface area (TPSA) is 202 Å². The summed E-state index contributed by atoms with van der Waals surface area (Å²) in [5.74, 6) is -1.36. The Morgan fingerprint density at radius 1 is 0.724 bits per heavy atom. The van der Waals surface area contributed by atoms with E-state index in [9.17, 15) is 40.2 Å². The van der Waals surface area contributed by atoms with Gasteiger partial charge in [-0.3, -0.25) is 9.59 Å². The van der Waals surface area contributed by atoms with Crippen molar-refractivity contribution in [1.82, 2.24) is 0 Å². The second-order valence-electron chi connectivity index (χ2n) is 6.77. The second-order valence-corrected chi connectivity index (χ2v) is 6.77. The van der Waals surface area contributed by atoms with Crippen LogP contribution in [0.1, 0.15) is 13.8 Å². The van der Waals surface area contributed by atoms with E-state index in [2.05, 4.69) is 0 Å². The first kappa shape index (κ1) is 23.9. The van der Waals surface area contributed by atoms with Crippen molar-refractivity contribution in [3.8, 4) is 0 Å². The lowest BCUT2D eigenvalue weighted by molar-refractivity contribution is -0.355. The molecule has 13 nitrogen and oxygen atoms in total. The fourth-order valence-corrected chi connectivity index (χ4v) is 2.94. The first-order valence-corrected chi connectivity index (χ1v) is 8.84. The van der Waals surface area contributed by atoms with Crippen molar-refractivity contribution in [2.24, 2.45) is 0 Å². The third-order valence-electron chi connectivity index (χ3n) is 4.52. The molecule has 0 bridgehead atoms. The van der Waals surface area contributed by atoms with Crippen LogP contribution in [-0.2, 0) is 33.3 Å². The minimum Gasteiger partial charge on any atom is -0.463 e. The first-order valence-electron chi connectivity index (χ1n) is 8.84. The highest BCUT2D eigenvalue weighted by atomic mass is 16.7. The molecule has 2 heterocycles. The zero-order valence-corrected chi connectivity index (χ0v) is 15.7. The normalized spacial score (nSPS) is 42.9. The van der Waals surface area contributed by atoms with Crippen LogP contribution in [0.4, 0.5) is 0 Å². The van der Waals surface area contributed by atoms with Gasteiger partial charge in [-0.25, -0.2) is 0 Å². The van der Waals surface area contributed by atoms with Crippen LogP contribution in [-0.4, -0.2) is 117 Å². The highest BCUT2D eigenvalue weighted by Crippen LogP contribution is 2.29. The summed E-state index contributed by atoms with van der Waals surface area (Å²) in [5, 5.41) is 59.9. The Bertz CT molecular complexity index is 571. The van der Waals surface area contributed by atoms with E-state index < -0.39 is 86.6 Å². The van der Waals surface area contributed by atoms with Gasteiger partial charge in [0.05, 0.1) is 0 Å². The lowest BCUT2D eigenvalue weighted by Crippen LogP contribution is -2.64. The van der Waals surface area contributed by atoms with Gasteiger partial charge >= 0.3 is 11.9 Å². The van der Waals surface area contributed by atoms with Crippen LogP contribution < -0.4 is 0 Å². The molecule has 29 heavy (non-hydrogen) atoms. The lowest BCUT2D eigenvalue weighted by atomic mass is 9.97. The number of rotatable bonds is 6. The Kier molecular flexibility index (Phi) is 8.28. The van der Waals surface area contributed by atoms with Crippen LogP contribution in [0.2, 0.25) is 0 Å². The average Bonchev–Trinajstić information content (AvgIpc) is 2.65. The first-order chi connectivity index (χ1) is 13.5. The van der Waals surface area contributed by atoms with Gasteiger partial charge in [0, 0.05) is 13.8 Å². The summed E-state index contributed by atoms with van der Waals surface area (Å²) >= 11 is 0. The molecule has 0 aliphatic carbocycles. The third kappa shape index (κ3) is 5.81. The fraction of sp³-hybridized carbons (Fsp3) is 0.875. The van der Waals surface area contributed by atoms with Gasteiger partial charge in [-0.1, -0.05) is 0 Å². The van der Waals surface area contributed by atoms with Crippen molar-refractivity contribution in [2.45, 2.75) is 75.3 Å². The number of aliphatic hydroxyl groups is 6. The van der Waals surface area contributed by atoms with Crippen molar-refractivity contribution in [3.05, 3.63) is 0 Å². The van der Waals surface area contributed by atoms with Crippen molar-refractivity contribution in [3.63, 3.8) is 0 Å². The van der Waals surface area contributed by atoms with E-state index in [0.717, 1.165) is 13.8 Å². The summed E-state index contributed by atoms with van der Waals surface area (Å²) in [4.78, 5) is 22.0. The van der Waals surface area contributed by atoms with Crippen LogP contribution in [0.25, 0.3) is 0 Å². The molecule has 0 aromatic heterocycles. The van der Waals surface area contributed by atoms with Crippen LogP contribution in [0.3, 0.4) is 0 Å². The Hall–Kier alpha value is -1.42. The van der Waals surface area contributed by atoms with E-state index in [1.807, 2.05) is 0 Å². The monoisotopic (exact) mass is 426 g/mol. The van der Waals surface area contributed by atoms with Gasteiger partial charge in [0.2, 0.25) is 0 Å². The molecule has 10 atom stereocenters. The smallest absolute Gasteiger partial charge is 0.302 e. The molecule has 0 radical (unpaired) electrons. The molecular weight excluding hydrogens is 400 g/mol. The molecule has 13 heteroatoms. The second kappa shape index (κ2) is 10.1.